The number of nitriles is 2. The van der Waals surface area contributed by atoms with Crippen molar-refractivity contribution >= 4 is 91.7 Å². The van der Waals surface area contributed by atoms with Crippen LogP contribution < -0.4 is 20.1 Å². The lowest BCUT2D eigenvalue weighted by molar-refractivity contribution is -0.119. The average molecular weight is 1050 g/mol. The number of halogens is 4. The normalized spacial score (nSPS) is 19.4. The van der Waals surface area contributed by atoms with E-state index >= 15 is 0 Å². The zero-order chi connectivity index (χ0) is 47.4. The summed E-state index contributed by atoms with van der Waals surface area (Å²) in [6.07, 6.45) is 0. The van der Waals surface area contributed by atoms with Crippen molar-refractivity contribution < 1.29 is 35.4 Å². The molecule has 0 aromatic heterocycles. The number of hydrogen-bond acceptors (Lipinski definition) is 12. The Labute approximate surface area is 407 Å². The van der Waals surface area contributed by atoms with E-state index in [-0.39, 0.29) is 35.2 Å². The number of nitrogens with zero attached hydrogens (tertiary/aromatic N) is 5. The number of hydrogen-bond donors (Lipinski definition) is 2. The Morgan fingerprint density at radius 3 is 1.45 bits per heavy atom. The lowest BCUT2D eigenvalue weighted by Crippen LogP contribution is -2.37. The van der Waals surface area contributed by atoms with E-state index in [1.807, 2.05) is 12.1 Å². The van der Waals surface area contributed by atoms with Gasteiger partial charge in [-0.3, -0.25) is 19.6 Å². The van der Waals surface area contributed by atoms with Gasteiger partial charge in [-0.2, -0.15) is 10.5 Å². The summed E-state index contributed by atoms with van der Waals surface area (Å²) in [6.45, 7) is 7.32. The molecule has 3 aliphatic rings. The fraction of sp³-hybridized carbons (Fsp3) is 0.277. The average Bonchev–Trinajstić information content (AvgIpc) is 3.27. The summed E-state index contributed by atoms with van der Waals surface area (Å²) in [5.74, 6) is -4.55. The van der Waals surface area contributed by atoms with Crippen molar-refractivity contribution in [3.63, 3.8) is 0 Å². The molecule has 2 N–H and O–H groups in total. The highest BCUT2D eigenvalue weighted by Gasteiger charge is 2.40. The van der Waals surface area contributed by atoms with E-state index in [0.29, 0.717) is 43.2 Å². The molecule has 4 aromatic rings. The second-order valence-corrected chi connectivity index (χ2v) is 17.3. The van der Waals surface area contributed by atoms with E-state index in [9.17, 15) is 28.9 Å². The van der Waals surface area contributed by atoms with Gasteiger partial charge in [0.1, 0.15) is 23.1 Å². The number of carbonyl (C=O) groups excluding carboxylic acids is 2. The molecule has 18 heteroatoms. The van der Waals surface area contributed by atoms with Crippen LogP contribution in [0.5, 0.6) is 11.5 Å². The molecule has 3 heterocycles. The van der Waals surface area contributed by atoms with E-state index in [0.717, 1.165) is 26.3 Å². The number of anilines is 2. The maximum atomic E-state index is 14.8. The molecule has 1 saturated heterocycles. The summed E-state index contributed by atoms with van der Waals surface area (Å²) in [5.41, 5.74) is 2.36. The number of carbonyl (C=O) groups is 2. The summed E-state index contributed by atoms with van der Waals surface area (Å²) in [4.78, 5) is 37.1. The van der Waals surface area contributed by atoms with Gasteiger partial charge in [-0.1, -0.05) is 78.3 Å². The third-order valence-corrected chi connectivity index (χ3v) is 12.2. The molecule has 4 aromatic carbocycles. The van der Waals surface area contributed by atoms with Crippen LogP contribution in [0.3, 0.4) is 0 Å². The lowest BCUT2D eigenvalue weighted by atomic mass is 9.76. The van der Waals surface area contributed by atoms with E-state index in [1.165, 1.54) is 26.4 Å². The zero-order valence-electron chi connectivity index (χ0n) is 37.8. The molecular weight excluding hydrogens is 1000 g/mol. The molecule has 0 bridgehead atoms. The van der Waals surface area contributed by atoms with Crippen LogP contribution in [0.4, 0.5) is 20.2 Å². The maximum Gasteiger partial charge on any atom is 1.00 e. The van der Waals surface area contributed by atoms with Crippen molar-refractivity contribution in [2.24, 2.45) is 21.8 Å². The van der Waals surface area contributed by atoms with Crippen LogP contribution in [-0.2, 0) is 39.6 Å². The minimum absolute atomic E-state index is 0. The Morgan fingerprint density at radius 2 is 1.12 bits per heavy atom. The number of methoxy groups -OCH3 is 2. The van der Waals surface area contributed by atoms with Crippen LogP contribution in [0.1, 0.15) is 39.7 Å². The highest BCUT2D eigenvalue weighted by atomic mass is 79.9. The quantitative estimate of drug-likeness (QED) is 0.163. The van der Waals surface area contributed by atoms with Gasteiger partial charge in [0.2, 0.25) is 11.8 Å². The monoisotopic (exact) mass is 1050 g/mol. The highest BCUT2D eigenvalue weighted by molar-refractivity contribution is 9.10. The van der Waals surface area contributed by atoms with E-state index in [1.54, 1.807) is 86.6 Å². The number of rotatable bonds is 8. The first-order chi connectivity index (χ1) is 31.1. The zero-order valence-corrected chi connectivity index (χ0v) is 40.6. The first-order valence-electron chi connectivity index (χ1n) is 19.9. The van der Waals surface area contributed by atoms with Crippen molar-refractivity contribution in [3.8, 4) is 23.6 Å². The topological polar surface area (TPSA) is 161 Å². The molecule has 0 saturated carbocycles. The summed E-state index contributed by atoms with van der Waals surface area (Å²) in [7, 11) is 5.11. The van der Waals surface area contributed by atoms with E-state index < -0.39 is 47.1 Å². The van der Waals surface area contributed by atoms with E-state index in [4.69, 9.17) is 39.5 Å². The Bertz CT molecular complexity index is 2490. The van der Waals surface area contributed by atoms with Crippen molar-refractivity contribution in [1.82, 2.24) is 4.90 Å². The lowest BCUT2D eigenvalue weighted by Gasteiger charge is -2.33. The minimum Gasteiger partial charge on any atom is -0.759 e. The first kappa shape index (κ1) is 50.4. The van der Waals surface area contributed by atoms with Gasteiger partial charge in [-0.15, -0.1) is 0 Å². The molecule has 4 atom stereocenters. The Morgan fingerprint density at radius 1 is 0.738 bits per heavy atom. The number of allylic oxidation sites excluding steroid dienone is 2. The van der Waals surface area contributed by atoms with Crippen LogP contribution in [0.2, 0.25) is 0 Å². The van der Waals surface area contributed by atoms with Crippen LogP contribution >= 0.6 is 31.9 Å². The molecule has 338 valence electrons. The second kappa shape index (κ2) is 23.5. The van der Waals surface area contributed by atoms with Crippen LogP contribution in [0.25, 0.3) is 0 Å². The van der Waals surface area contributed by atoms with Gasteiger partial charge in [0, 0.05) is 56.4 Å². The summed E-state index contributed by atoms with van der Waals surface area (Å²) in [6, 6.07) is 26.9. The third-order valence-electron chi connectivity index (χ3n) is 10.6. The van der Waals surface area contributed by atoms with Crippen molar-refractivity contribution in [3.05, 3.63) is 138 Å². The van der Waals surface area contributed by atoms with Crippen LogP contribution in [0, 0.1) is 46.1 Å². The molecule has 0 spiro atoms. The molecule has 65 heavy (non-hydrogen) atoms. The van der Waals surface area contributed by atoms with Gasteiger partial charge < -0.3 is 55.0 Å². The maximum absolute atomic E-state index is 14.8. The smallest absolute Gasteiger partial charge is 0.759 e. The molecule has 4 unspecified atom stereocenters. The fourth-order valence-electron chi connectivity index (χ4n) is 7.33. The molecule has 0 radical (unpaired) electrons. The standard InChI is InChI=1S/2C21H17BrFN3O2S.C5H11NO/c2*1-11-18(20(27)26-16-5-3-4-6-17(16)28-2)19(14(10-24)21(29)25-11)13-8-7-12(22)9-15(13)23;1-6-2-4-7-5-3-6/h2*3-9,18-19,29H,1-2H3,(H,26,27);2-5H2,1H3. The number of benzene rings is 4. The summed E-state index contributed by atoms with van der Waals surface area (Å²) < 4.78 is 46.3. The molecule has 2 amide bonds. The van der Waals surface area contributed by atoms with Gasteiger partial charge in [-0.05, 0) is 80.6 Å². The number of aliphatic imine (C=N–C) groups is 2. The second-order valence-electron chi connectivity index (χ2n) is 14.7. The summed E-state index contributed by atoms with van der Waals surface area (Å²) >= 11 is 16.9. The molecule has 7 rings (SSSR count). The number of ether oxygens (including phenoxy) is 3. The predicted octanol–water partition coefficient (Wildman–Crippen LogP) is 9.56. The first-order valence-corrected chi connectivity index (χ1v) is 22.3. The van der Waals surface area contributed by atoms with Crippen LogP contribution in [0.15, 0.2) is 125 Å². The van der Waals surface area contributed by atoms with Gasteiger partial charge in [-0.25, -0.2) is 8.78 Å². The minimum atomic E-state index is -0.906. The van der Waals surface area contributed by atoms with Gasteiger partial charge >= 0.3 is 2.85 Å². The number of likely N-dealkylation sites (N-methyl/N-ethyl adjacent to an activating group) is 1. The number of morpholine rings is 1. The largest absolute Gasteiger partial charge is 1.00 e. The molecule has 0 aliphatic carbocycles. The van der Waals surface area contributed by atoms with Crippen molar-refractivity contribution in [1.29, 1.82) is 10.5 Å². The molecular formula is C47H45Br2F2N7O5S2. The predicted molar refractivity (Wildman–Crippen MR) is 261 cm³/mol. The Balaban J connectivity index is 0.000000302. The summed E-state index contributed by atoms with van der Waals surface area (Å²) in [5, 5.41) is 25.1. The van der Waals surface area contributed by atoms with Crippen molar-refractivity contribution in [2.45, 2.75) is 25.7 Å². The number of nitrogens with one attached hydrogen (secondary N) is 2. The van der Waals surface area contributed by atoms with Crippen LogP contribution in [-0.4, -0.2) is 75.7 Å². The Hall–Kier alpha value is -5.60. The number of amides is 2. The molecule has 1 fully saturated rings. The molecule has 3 aliphatic heterocycles. The highest BCUT2D eigenvalue weighted by Crippen LogP contribution is 2.42. The van der Waals surface area contributed by atoms with Gasteiger partial charge in [0.25, 0.3) is 0 Å². The number of para-hydroxylation sites is 4. The SMILES string of the molecule is CN1CCOCC1.COc1ccccc1NC(=O)C1C(C)=NC([S-])=C(C#N)C1c1ccc(Br)cc1F.COc1ccccc1NC(=O)C1C(C)=NC([S-])=C(C#N)C1c1ccc(Br)cc1F.[H+].[H+]. The third kappa shape index (κ3) is 12.4. The Kier molecular flexibility index (Phi) is 18.3. The van der Waals surface area contributed by atoms with Crippen molar-refractivity contribution in [2.75, 3.05) is 58.2 Å². The molecule has 12 nitrogen and oxygen atoms in total. The fourth-order valence-corrected chi connectivity index (χ4v) is 8.63. The van der Waals surface area contributed by atoms with Gasteiger partial charge in [0.15, 0.2) is 0 Å². The van der Waals surface area contributed by atoms with Gasteiger partial charge in [0.05, 0.1) is 62.8 Å². The van der Waals surface area contributed by atoms with E-state index in [2.05, 4.69) is 64.4 Å².